The smallest absolute Gasteiger partial charge is 0.221 e. The van der Waals surface area contributed by atoms with Crippen LogP contribution < -0.4 is 15.7 Å². The van der Waals surface area contributed by atoms with Gasteiger partial charge in [0.05, 0.1) is 48.0 Å². The second-order valence-electron chi connectivity index (χ2n) is 8.32. The van der Waals surface area contributed by atoms with Gasteiger partial charge in [-0.25, -0.2) is 0 Å². The number of halogens is 1. The number of pyridine rings is 1. The van der Waals surface area contributed by atoms with Crippen LogP contribution in [0.25, 0.3) is 28.0 Å². The molecular weight excluding hydrogens is 474 g/mol. The zero-order valence-electron chi connectivity index (χ0n) is 19.8. The molecule has 2 N–H and O–H groups in total. The Morgan fingerprint density at radius 2 is 1.78 bits per heavy atom. The molecule has 0 fully saturated rings. The number of methoxy groups -OCH3 is 1. The van der Waals surface area contributed by atoms with E-state index in [1.165, 1.54) is 6.92 Å². The predicted molar refractivity (Wildman–Crippen MR) is 142 cm³/mol. The minimum atomic E-state index is -0.168. The molecule has 5 rings (SSSR count). The highest BCUT2D eigenvalue weighted by Crippen LogP contribution is 2.31. The lowest BCUT2D eigenvalue weighted by molar-refractivity contribution is -0.114. The summed E-state index contributed by atoms with van der Waals surface area (Å²) in [6, 6.07) is 24.8. The monoisotopic (exact) mass is 497 g/mol. The van der Waals surface area contributed by atoms with Gasteiger partial charge in [0.1, 0.15) is 5.75 Å². The van der Waals surface area contributed by atoms with Crippen LogP contribution in [0.2, 0.25) is 5.02 Å². The van der Waals surface area contributed by atoms with Gasteiger partial charge in [0.25, 0.3) is 0 Å². The van der Waals surface area contributed by atoms with E-state index in [1.54, 1.807) is 25.4 Å². The predicted octanol–water partition coefficient (Wildman–Crippen LogP) is 5.64. The average Bonchev–Trinajstić information content (AvgIpc) is 3.16. The van der Waals surface area contributed by atoms with E-state index >= 15 is 0 Å². The van der Waals surface area contributed by atoms with Crippen LogP contribution in [0, 0.1) is 5.41 Å². The van der Waals surface area contributed by atoms with Crippen molar-refractivity contribution in [1.29, 1.82) is 5.41 Å². The number of benzene rings is 3. The zero-order chi connectivity index (χ0) is 25.2. The number of rotatable bonds is 6. The van der Waals surface area contributed by atoms with E-state index in [0.717, 1.165) is 27.8 Å². The molecular formula is C28H24ClN5O2. The number of fused-ring (bicyclic) bond motifs is 1. The van der Waals surface area contributed by atoms with Crippen molar-refractivity contribution < 1.29 is 9.53 Å². The first-order chi connectivity index (χ1) is 17.5. The number of anilines is 1. The van der Waals surface area contributed by atoms with Crippen LogP contribution in [0.4, 0.5) is 5.69 Å². The molecule has 36 heavy (non-hydrogen) atoms. The first-order valence-electron chi connectivity index (χ1n) is 11.4. The molecule has 0 bridgehead atoms. The van der Waals surface area contributed by atoms with Crippen molar-refractivity contribution in [2.45, 2.75) is 13.5 Å². The Balaban J connectivity index is 1.59. The quantitative estimate of drug-likeness (QED) is 0.318. The SMILES string of the molecule is COc1ccc(NC(C)=O)c(-c2ccc(-n3c(=N)n(Cc4ccccc4Cl)c4ccccc43)cn2)c1. The van der Waals surface area contributed by atoms with Crippen LogP contribution in [-0.2, 0) is 11.3 Å². The lowest BCUT2D eigenvalue weighted by Gasteiger charge is -2.12. The Morgan fingerprint density at radius 1 is 1.03 bits per heavy atom. The van der Waals surface area contributed by atoms with E-state index in [-0.39, 0.29) is 5.91 Å². The number of nitrogens with one attached hydrogen (secondary N) is 2. The Kier molecular flexibility index (Phi) is 6.31. The molecule has 0 saturated carbocycles. The summed E-state index contributed by atoms with van der Waals surface area (Å²) in [6.07, 6.45) is 1.73. The Hall–Kier alpha value is -4.36. The topological polar surface area (TPSA) is 84.9 Å². The average molecular weight is 498 g/mol. The lowest BCUT2D eigenvalue weighted by Crippen LogP contribution is -2.24. The first kappa shape index (κ1) is 23.4. The van der Waals surface area contributed by atoms with E-state index in [9.17, 15) is 4.79 Å². The first-order valence-corrected chi connectivity index (χ1v) is 11.7. The number of ether oxygens (including phenoxy) is 1. The van der Waals surface area contributed by atoms with Crippen LogP contribution in [0.15, 0.2) is 85.1 Å². The summed E-state index contributed by atoms with van der Waals surface area (Å²) in [5, 5.41) is 12.5. The van der Waals surface area contributed by atoms with Gasteiger partial charge in [0, 0.05) is 17.5 Å². The lowest BCUT2D eigenvalue weighted by atomic mass is 10.1. The second kappa shape index (κ2) is 9.71. The fourth-order valence-corrected chi connectivity index (χ4v) is 4.48. The minimum Gasteiger partial charge on any atom is -0.497 e. The van der Waals surface area contributed by atoms with Crippen LogP contribution in [0.5, 0.6) is 5.75 Å². The van der Waals surface area contributed by atoms with Gasteiger partial charge in [0.2, 0.25) is 11.5 Å². The number of amides is 1. The van der Waals surface area contributed by atoms with Gasteiger partial charge in [-0.1, -0.05) is 41.9 Å². The van der Waals surface area contributed by atoms with Crippen molar-refractivity contribution in [2.75, 3.05) is 12.4 Å². The number of imidazole rings is 1. The van der Waals surface area contributed by atoms with Gasteiger partial charge in [0.15, 0.2) is 0 Å². The molecule has 0 aliphatic heterocycles. The molecule has 180 valence electrons. The van der Waals surface area contributed by atoms with E-state index < -0.39 is 0 Å². The number of para-hydroxylation sites is 2. The van der Waals surface area contributed by atoms with Gasteiger partial charge in [-0.15, -0.1) is 0 Å². The summed E-state index contributed by atoms with van der Waals surface area (Å²) in [5.41, 5.74) is 5.89. The van der Waals surface area contributed by atoms with Crippen LogP contribution in [0.1, 0.15) is 12.5 Å². The number of hydrogen-bond donors (Lipinski definition) is 2. The number of carbonyl (C=O) groups excluding carboxylic acids is 1. The summed E-state index contributed by atoms with van der Waals surface area (Å²) >= 11 is 6.42. The molecule has 0 aliphatic carbocycles. The van der Waals surface area contributed by atoms with Gasteiger partial charge in [-0.2, -0.15) is 0 Å². The fraction of sp³-hybridized carbons (Fsp3) is 0.107. The molecule has 1 amide bonds. The molecule has 0 spiro atoms. The Labute approximate surface area is 213 Å². The number of nitrogens with zero attached hydrogens (tertiary/aromatic N) is 3. The standard InChI is InChI=1S/C28H24ClN5O2/c1-18(35)32-25-14-12-21(36-2)15-22(25)24-13-11-20(16-31-24)34-27-10-6-5-9-26(27)33(28(34)30)17-19-7-3-4-8-23(19)29/h3-16,30H,17H2,1-2H3,(H,32,35). The summed E-state index contributed by atoms with van der Waals surface area (Å²) in [6.45, 7) is 1.94. The summed E-state index contributed by atoms with van der Waals surface area (Å²) < 4.78 is 9.17. The maximum Gasteiger partial charge on any atom is 0.221 e. The molecule has 0 unspecified atom stereocenters. The fourth-order valence-electron chi connectivity index (χ4n) is 4.29. The van der Waals surface area contributed by atoms with E-state index in [0.29, 0.717) is 34.3 Å². The van der Waals surface area contributed by atoms with E-state index in [4.69, 9.17) is 21.7 Å². The molecule has 0 radical (unpaired) electrons. The highest BCUT2D eigenvalue weighted by molar-refractivity contribution is 6.31. The molecule has 0 aliphatic rings. The molecule has 8 heteroatoms. The minimum absolute atomic E-state index is 0.168. The van der Waals surface area contributed by atoms with Crippen molar-refractivity contribution in [2.24, 2.45) is 0 Å². The highest BCUT2D eigenvalue weighted by Gasteiger charge is 2.15. The number of hydrogen-bond acceptors (Lipinski definition) is 4. The summed E-state index contributed by atoms with van der Waals surface area (Å²) in [4.78, 5) is 16.4. The molecule has 0 atom stereocenters. The number of aromatic nitrogens is 3. The van der Waals surface area contributed by atoms with Crippen molar-refractivity contribution in [3.63, 3.8) is 0 Å². The highest BCUT2D eigenvalue weighted by atomic mass is 35.5. The maximum absolute atomic E-state index is 11.7. The van der Waals surface area contributed by atoms with Gasteiger partial charge >= 0.3 is 0 Å². The maximum atomic E-state index is 11.7. The normalized spacial score (nSPS) is 11.0. The van der Waals surface area contributed by atoms with Crippen molar-refractivity contribution in [3.8, 4) is 22.7 Å². The molecule has 2 aromatic heterocycles. The summed E-state index contributed by atoms with van der Waals surface area (Å²) in [5.74, 6) is 0.495. The largest absolute Gasteiger partial charge is 0.497 e. The molecule has 3 aromatic carbocycles. The van der Waals surface area contributed by atoms with E-state index in [1.807, 2.05) is 75.9 Å². The van der Waals surface area contributed by atoms with Crippen molar-refractivity contribution in [3.05, 3.63) is 101 Å². The van der Waals surface area contributed by atoms with Crippen molar-refractivity contribution >= 4 is 34.2 Å². The third-order valence-electron chi connectivity index (χ3n) is 5.99. The van der Waals surface area contributed by atoms with Crippen LogP contribution >= 0.6 is 11.6 Å². The molecule has 2 heterocycles. The van der Waals surface area contributed by atoms with Crippen molar-refractivity contribution in [1.82, 2.24) is 14.1 Å². The van der Waals surface area contributed by atoms with Crippen LogP contribution in [0.3, 0.4) is 0 Å². The van der Waals surface area contributed by atoms with E-state index in [2.05, 4.69) is 10.3 Å². The third-order valence-corrected chi connectivity index (χ3v) is 6.36. The molecule has 0 saturated heterocycles. The van der Waals surface area contributed by atoms with Gasteiger partial charge in [-0.05, 0) is 54.1 Å². The van der Waals surface area contributed by atoms with Gasteiger partial charge < -0.3 is 14.6 Å². The third kappa shape index (κ3) is 4.36. The second-order valence-corrected chi connectivity index (χ2v) is 8.73. The Bertz CT molecular complexity index is 1640. The summed E-state index contributed by atoms with van der Waals surface area (Å²) in [7, 11) is 1.60. The number of carbonyl (C=O) groups is 1. The van der Waals surface area contributed by atoms with Gasteiger partial charge in [-0.3, -0.25) is 19.8 Å². The zero-order valence-corrected chi connectivity index (χ0v) is 20.6. The molecule has 5 aromatic rings. The Morgan fingerprint density at radius 3 is 2.47 bits per heavy atom. The van der Waals surface area contributed by atoms with Crippen LogP contribution in [-0.4, -0.2) is 27.1 Å². The molecule has 7 nitrogen and oxygen atoms in total.